The number of hydrogen-bond donors (Lipinski definition) is 0. The van der Waals surface area contributed by atoms with Crippen LogP contribution >= 0.6 is 0 Å². The van der Waals surface area contributed by atoms with Crippen LogP contribution in [0.15, 0.2) is 0 Å². The number of ether oxygens (including phenoxy) is 2. The lowest BCUT2D eigenvalue weighted by atomic mass is 10.5. The van der Waals surface area contributed by atoms with Crippen LogP contribution < -0.4 is 0 Å². The van der Waals surface area contributed by atoms with E-state index in [1.54, 1.807) is 0 Å². The largest absolute Gasteiger partial charge is 0.418 e. The highest BCUT2D eigenvalue weighted by Gasteiger charge is 2.23. The quantitative estimate of drug-likeness (QED) is 0.355. The molecule has 1 heterocycles. The summed E-state index contributed by atoms with van der Waals surface area (Å²) in [5.74, 6) is 0. The van der Waals surface area contributed by atoms with Gasteiger partial charge in [0.2, 0.25) is 0 Å². The molecule has 0 spiro atoms. The lowest BCUT2D eigenvalue weighted by molar-refractivity contribution is 0.116. The third kappa shape index (κ3) is 5.75. The van der Waals surface area contributed by atoms with Crippen molar-refractivity contribution < 1.29 is 13.9 Å². The van der Waals surface area contributed by atoms with E-state index in [0.29, 0.717) is 6.10 Å². The summed E-state index contributed by atoms with van der Waals surface area (Å²) in [6.45, 7) is 9.95. The minimum absolute atomic E-state index is 0.396. The van der Waals surface area contributed by atoms with Crippen molar-refractivity contribution in [3.63, 3.8) is 0 Å². The molecule has 1 saturated heterocycles. The highest BCUT2D eigenvalue weighted by atomic mass is 28.4. The predicted molar refractivity (Wildman–Crippen MR) is 59.1 cm³/mol. The van der Waals surface area contributed by atoms with Crippen LogP contribution in [-0.4, -0.2) is 40.8 Å². The number of hydrogen-bond acceptors (Lipinski definition) is 3. The summed E-state index contributed by atoms with van der Waals surface area (Å²) in [7, 11) is -1.38. The van der Waals surface area contributed by atoms with Gasteiger partial charge in [-0.15, -0.1) is 0 Å². The van der Waals surface area contributed by atoms with Gasteiger partial charge >= 0.3 is 0 Å². The lowest BCUT2D eigenvalue weighted by Crippen LogP contribution is -2.30. The van der Waals surface area contributed by atoms with E-state index in [1.807, 2.05) is 0 Å². The van der Waals surface area contributed by atoms with E-state index >= 15 is 0 Å². The molecule has 0 unspecified atom stereocenters. The van der Waals surface area contributed by atoms with Gasteiger partial charge in [0.15, 0.2) is 8.32 Å². The van der Waals surface area contributed by atoms with Gasteiger partial charge in [-0.2, -0.15) is 0 Å². The second-order valence-corrected chi connectivity index (χ2v) is 8.63. The standard InChI is InChI=1S/C10H22O3Si/c1-4-13-14(2,3)7-5-6-11-8-10-9-12-10/h10H,4-9H2,1-3H3/t10-/m1/s1. The summed E-state index contributed by atoms with van der Waals surface area (Å²) in [6, 6.07) is 1.19. The average Bonchev–Trinajstić information content (AvgIpc) is 2.87. The Balaban J connectivity index is 1.90. The summed E-state index contributed by atoms with van der Waals surface area (Å²) in [5, 5.41) is 0. The highest BCUT2D eigenvalue weighted by molar-refractivity contribution is 6.71. The van der Waals surface area contributed by atoms with Crippen molar-refractivity contribution in [3.8, 4) is 0 Å². The molecule has 0 radical (unpaired) electrons. The van der Waals surface area contributed by atoms with E-state index < -0.39 is 8.32 Å². The van der Waals surface area contributed by atoms with Crippen LogP contribution in [0.3, 0.4) is 0 Å². The topological polar surface area (TPSA) is 31.0 Å². The van der Waals surface area contributed by atoms with Crippen molar-refractivity contribution in [3.05, 3.63) is 0 Å². The van der Waals surface area contributed by atoms with Gasteiger partial charge in [-0.25, -0.2) is 0 Å². The summed E-state index contributed by atoms with van der Waals surface area (Å²) in [6.07, 6.45) is 1.51. The molecule has 0 saturated carbocycles. The van der Waals surface area contributed by atoms with Gasteiger partial charge < -0.3 is 13.9 Å². The Morgan fingerprint density at radius 2 is 2.14 bits per heavy atom. The SMILES string of the molecule is CCO[Si](C)(C)CCCOC[C@@H]1CO1. The van der Waals surface area contributed by atoms with Gasteiger partial charge in [-0.1, -0.05) is 0 Å². The van der Waals surface area contributed by atoms with Crippen LogP contribution in [0.2, 0.25) is 19.1 Å². The van der Waals surface area contributed by atoms with Crippen LogP contribution in [0, 0.1) is 0 Å². The molecule has 0 bridgehead atoms. The fraction of sp³-hybridized carbons (Fsp3) is 1.00. The maximum absolute atomic E-state index is 5.73. The second kappa shape index (κ2) is 5.85. The van der Waals surface area contributed by atoms with Gasteiger partial charge in [0, 0.05) is 13.2 Å². The van der Waals surface area contributed by atoms with Gasteiger partial charge in [0.25, 0.3) is 0 Å². The van der Waals surface area contributed by atoms with E-state index in [2.05, 4.69) is 20.0 Å². The van der Waals surface area contributed by atoms with Crippen molar-refractivity contribution >= 4 is 8.32 Å². The summed E-state index contributed by atoms with van der Waals surface area (Å²) < 4.78 is 16.3. The second-order valence-electron chi connectivity index (χ2n) is 4.33. The normalized spacial score (nSPS) is 21.2. The van der Waals surface area contributed by atoms with Crippen molar-refractivity contribution in [2.45, 2.75) is 38.6 Å². The third-order valence-electron chi connectivity index (χ3n) is 2.31. The molecule has 84 valence electrons. The Labute approximate surface area is 87.9 Å². The van der Waals surface area contributed by atoms with E-state index in [0.717, 1.165) is 32.8 Å². The van der Waals surface area contributed by atoms with Gasteiger partial charge in [-0.3, -0.25) is 0 Å². The van der Waals surface area contributed by atoms with Gasteiger partial charge in [0.1, 0.15) is 6.10 Å². The molecule has 0 N–H and O–H groups in total. The first kappa shape index (κ1) is 12.2. The fourth-order valence-electron chi connectivity index (χ4n) is 1.44. The Morgan fingerprint density at radius 1 is 1.43 bits per heavy atom. The molecule has 4 heteroatoms. The van der Waals surface area contributed by atoms with Crippen LogP contribution in [0.5, 0.6) is 0 Å². The first-order valence-electron chi connectivity index (χ1n) is 5.47. The number of epoxide rings is 1. The molecule has 1 aliphatic heterocycles. The molecule has 14 heavy (non-hydrogen) atoms. The van der Waals surface area contributed by atoms with Crippen molar-refractivity contribution in [2.24, 2.45) is 0 Å². The predicted octanol–water partition coefficient (Wildman–Crippen LogP) is 2.03. The Bertz CT molecular complexity index is 157. The first-order chi connectivity index (χ1) is 6.64. The molecule has 0 aromatic rings. The Kier molecular flexibility index (Phi) is 5.09. The van der Waals surface area contributed by atoms with Crippen molar-refractivity contribution in [1.29, 1.82) is 0 Å². The molecule has 1 atom stereocenters. The molecule has 1 aliphatic rings. The zero-order valence-electron chi connectivity index (χ0n) is 9.54. The zero-order chi connectivity index (χ0) is 10.4. The smallest absolute Gasteiger partial charge is 0.186 e. The van der Waals surface area contributed by atoms with E-state index in [4.69, 9.17) is 13.9 Å². The molecule has 1 rings (SSSR count). The van der Waals surface area contributed by atoms with E-state index in [9.17, 15) is 0 Å². The molecular formula is C10H22O3Si. The summed E-state index contributed by atoms with van der Waals surface area (Å²) in [5.41, 5.74) is 0. The summed E-state index contributed by atoms with van der Waals surface area (Å²) >= 11 is 0. The van der Waals surface area contributed by atoms with Gasteiger partial charge in [-0.05, 0) is 32.5 Å². The third-order valence-corrected chi connectivity index (χ3v) is 4.94. The molecular weight excluding hydrogens is 196 g/mol. The van der Waals surface area contributed by atoms with Gasteiger partial charge in [0.05, 0.1) is 13.2 Å². The van der Waals surface area contributed by atoms with Crippen LogP contribution in [0.1, 0.15) is 13.3 Å². The molecule has 0 aliphatic carbocycles. The monoisotopic (exact) mass is 218 g/mol. The van der Waals surface area contributed by atoms with E-state index in [1.165, 1.54) is 6.04 Å². The fourth-order valence-corrected chi connectivity index (χ4v) is 3.36. The maximum atomic E-state index is 5.73. The van der Waals surface area contributed by atoms with Crippen molar-refractivity contribution in [2.75, 3.05) is 26.4 Å². The highest BCUT2D eigenvalue weighted by Crippen LogP contribution is 2.14. The minimum atomic E-state index is -1.38. The van der Waals surface area contributed by atoms with Crippen LogP contribution in [-0.2, 0) is 13.9 Å². The van der Waals surface area contributed by atoms with Crippen LogP contribution in [0.4, 0.5) is 0 Å². The Hall–Kier alpha value is 0.0969. The zero-order valence-corrected chi connectivity index (χ0v) is 10.5. The molecule has 1 fully saturated rings. The number of rotatable bonds is 8. The molecule has 0 aromatic carbocycles. The molecule has 3 nitrogen and oxygen atoms in total. The Morgan fingerprint density at radius 3 is 2.71 bits per heavy atom. The minimum Gasteiger partial charge on any atom is -0.418 e. The summed E-state index contributed by atoms with van der Waals surface area (Å²) in [4.78, 5) is 0. The van der Waals surface area contributed by atoms with E-state index in [-0.39, 0.29) is 0 Å². The lowest BCUT2D eigenvalue weighted by Gasteiger charge is -2.21. The first-order valence-corrected chi connectivity index (χ1v) is 8.59. The van der Waals surface area contributed by atoms with Crippen molar-refractivity contribution in [1.82, 2.24) is 0 Å². The molecule has 0 amide bonds. The molecule has 0 aromatic heterocycles. The maximum Gasteiger partial charge on any atom is 0.186 e. The van der Waals surface area contributed by atoms with Crippen LogP contribution in [0.25, 0.3) is 0 Å². The average molecular weight is 218 g/mol.